The molecule has 4 nitrogen and oxygen atoms in total. The van der Waals surface area contributed by atoms with E-state index in [0.717, 1.165) is 12.1 Å². The molecule has 7 heteroatoms. The second kappa shape index (κ2) is 5.54. The highest BCUT2D eigenvalue weighted by molar-refractivity contribution is 7.71. The number of aromatic amines is 1. The Balaban J connectivity index is 2.58. The molecule has 0 bridgehead atoms. The molecule has 0 saturated heterocycles. The summed E-state index contributed by atoms with van der Waals surface area (Å²) in [5.74, 6) is -2.50. The summed E-state index contributed by atoms with van der Waals surface area (Å²) in [5, 5.41) is 0. The average Bonchev–Trinajstić information content (AvgIpc) is 2.77. The van der Waals surface area contributed by atoms with Gasteiger partial charge in [-0.25, -0.2) is 8.78 Å². The quantitative estimate of drug-likeness (QED) is 0.852. The van der Waals surface area contributed by atoms with Gasteiger partial charge in [0.05, 0.1) is 6.04 Å². The van der Waals surface area contributed by atoms with Crippen molar-refractivity contribution >= 4 is 18.1 Å². The number of rotatable bonds is 4. The van der Waals surface area contributed by atoms with Crippen molar-refractivity contribution in [3.05, 3.63) is 52.1 Å². The summed E-state index contributed by atoms with van der Waals surface area (Å²) in [6, 6.07) is 3.22. The lowest BCUT2D eigenvalue weighted by Crippen LogP contribution is -2.21. The number of nitrogens with two attached hydrogens (primary N) is 1. The average molecular weight is 297 g/mol. The molecule has 1 heterocycles. The Morgan fingerprint density at radius 1 is 1.45 bits per heavy atom. The largest absolute Gasteiger partial charge is 0.364 e. The highest BCUT2D eigenvalue weighted by atomic mass is 32.1. The zero-order valence-electron chi connectivity index (χ0n) is 10.7. The Morgan fingerprint density at radius 3 is 2.70 bits per heavy atom. The molecule has 0 spiro atoms. The van der Waals surface area contributed by atoms with Gasteiger partial charge in [-0.3, -0.25) is 4.79 Å². The topological polar surface area (TPSA) is 63.8 Å². The number of aromatic nitrogens is 2. The number of halogens is 2. The fourth-order valence-corrected chi connectivity index (χ4v) is 2.45. The van der Waals surface area contributed by atoms with Crippen LogP contribution in [0.1, 0.15) is 35.4 Å². The van der Waals surface area contributed by atoms with Gasteiger partial charge in [0.25, 0.3) is 5.91 Å². The maximum absolute atomic E-state index is 13.4. The van der Waals surface area contributed by atoms with E-state index in [1.807, 2.05) is 6.92 Å². The normalized spacial score (nSPS) is 12.3. The number of primary amides is 1. The van der Waals surface area contributed by atoms with Gasteiger partial charge in [0.15, 0.2) is 16.4 Å². The minimum atomic E-state index is -0.941. The standard InChI is InChI=1S/C13H13F2N3OS/c1-2-10(7-3-4-8(14)9(15)5-7)18-11(12(16)19)6-17-13(18)20/h3-6,10H,2H2,1H3,(H2,16,19)(H,17,20). The second-order valence-electron chi connectivity index (χ2n) is 4.31. The summed E-state index contributed by atoms with van der Waals surface area (Å²) in [4.78, 5) is 14.1. The van der Waals surface area contributed by atoms with Crippen molar-refractivity contribution in [3.8, 4) is 0 Å². The number of amides is 1. The van der Waals surface area contributed by atoms with E-state index in [1.54, 1.807) is 0 Å². The second-order valence-corrected chi connectivity index (χ2v) is 4.70. The lowest BCUT2D eigenvalue weighted by Gasteiger charge is -2.19. The number of H-pyrrole nitrogens is 1. The minimum Gasteiger partial charge on any atom is -0.364 e. The van der Waals surface area contributed by atoms with Crippen LogP contribution in [-0.4, -0.2) is 15.5 Å². The molecular weight excluding hydrogens is 284 g/mol. The molecule has 0 radical (unpaired) electrons. The van der Waals surface area contributed by atoms with Crippen molar-refractivity contribution in [2.75, 3.05) is 0 Å². The summed E-state index contributed by atoms with van der Waals surface area (Å²) in [6.07, 6.45) is 1.95. The van der Waals surface area contributed by atoms with E-state index in [2.05, 4.69) is 4.98 Å². The molecule has 2 rings (SSSR count). The predicted molar refractivity (Wildman–Crippen MR) is 72.9 cm³/mol. The number of nitrogens with one attached hydrogen (secondary N) is 1. The van der Waals surface area contributed by atoms with E-state index in [9.17, 15) is 13.6 Å². The third-order valence-electron chi connectivity index (χ3n) is 3.09. The number of carbonyl (C=O) groups is 1. The summed E-state index contributed by atoms with van der Waals surface area (Å²) >= 11 is 5.13. The number of hydrogen-bond acceptors (Lipinski definition) is 2. The van der Waals surface area contributed by atoms with E-state index >= 15 is 0 Å². The molecule has 0 aliphatic heterocycles. The lowest BCUT2D eigenvalue weighted by atomic mass is 10.0. The van der Waals surface area contributed by atoms with Crippen molar-refractivity contribution in [1.29, 1.82) is 0 Å². The maximum atomic E-state index is 13.4. The molecular formula is C13H13F2N3OS. The van der Waals surface area contributed by atoms with Crippen molar-refractivity contribution in [1.82, 2.24) is 9.55 Å². The molecule has 3 N–H and O–H groups in total. The van der Waals surface area contributed by atoms with E-state index in [1.165, 1.54) is 16.8 Å². The van der Waals surface area contributed by atoms with Crippen LogP contribution in [-0.2, 0) is 0 Å². The first-order valence-corrected chi connectivity index (χ1v) is 6.41. The molecule has 1 unspecified atom stereocenters. The molecule has 106 valence electrons. The van der Waals surface area contributed by atoms with Gasteiger partial charge in [-0.15, -0.1) is 0 Å². The number of benzene rings is 1. The number of carbonyl (C=O) groups excluding carboxylic acids is 1. The Bertz CT molecular complexity index is 708. The predicted octanol–water partition coefficient (Wildman–Crippen LogP) is 2.92. The molecule has 2 aromatic rings. The monoisotopic (exact) mass is 297 g/mol. The summed E-state index contributed by atoms with van der Waals surface area (Å²) in [5.41, 5.74) is 6.01. The first kappa shape index (κ1) is 14.4. The van der Waals surface area contributed by atoms with Gasteiger partial charge in [-0.1, -0.05) is 13.0 Å². The molecule has 1 aromatic heterocycles. The fraction of sp³-hybridized carbons (Fsp3) is 0.231. The van der Waals surface area contributed by atoms with Gasteiger partial charge in [-0.05, 0) is 36.3 Å². The fourth-order valence-electron chi connectivity index (χ4n) is 2.16. The van der Waals surface area contributed by atoms with E-state index < -0.39 is 23.6 Å². The van der Waals surface area contributed by atoms with Crippen molar-refractivity contribution in [2.45, 2.75) is 19.4 Å². The Labute approximate surface area is 119 Å². The zero-order chi connectivity index (χ0) is 14.9. The van der Waals surface area contributed by atoms with E-state index in [4.69, 9.17) is 18.0 Å². The van der Waals surface area contributed by atoms with Crippen LogP contribution in [0.5, 0.6) is 0 Å². The molecule has 1 amide bonds. The van der Waals surface area contributed by atoms with Crippen LogP contribution in [0.25, 0.3) is 0 Å². The lowest BCUT2D eigenvalue weighted by molar-refractivity contribution is 0.0990. The van der Waals surface area contributed by atoms with Crippen LogP contribution >= 0.6 is 12.2 Å². The summed E-state index contributed by atoms with van der Waals surface area (Å²) in [7, 11) is 0. The molecule has 1 atom stereocenters. The van der Waals surface area contributed by atoms with E-state index in [-0.39, 0.29) is 5.69 Å². The third kappa shape index (κ3) is 2.49. The highest BCUT2D eigenvalue weighted by Crippen LogP contribution is 2.25. The van der Waals surface area contributed by atoms with Crippen LogP contribution in [0.2, 0.25) is 0 Å². The molecule has 0 fully saturated rings. The molecule has 0 aliphatic carbocycles. The summed E-state index contributed by atoms with van der Waals surface area (Å²) < 4.78 is 28.2. The van der Waals surface area contributed by atoms with Gasteiger partial charge in [-0.2, -0.15) is 0 Å². The van der Waals surface area contributed by atoms with Gasteiger partial charge in [0.1, 0.15) is 5.69 Å². The third-order valence-corrected chi connectivity index (χ3v) is 3.40. The van der Waals surface area contributed by atoms with Crippen molar-refractivity contribution < 1.29 is 13.6 Å². The smallest absolute Gasteiger partial charge is 0.266 e. The Hall–Kier alpha value is -2.02. The first-order chi connectivity index (χ1) is 9.45. The number of nitrogens with zero attached hydrogens (tertiary/aromatic N) is 1. The van der Waals surface area contributed by atoms with Crippen LogP contribution in [0.15, 0.2) is 24.4 Å². The van der Waals surface area contributed by atoms with Crippen molar-refractivity contribution in [2.24, 2.45) is 5.73 Å². The van der Waals surface area contributed by atoms with Crippen LogP contribution in [0, 0.1) is 16.4 Å². The summed E-state index contributed by atoms with van der Waals surface area (Å²) in [6.45, 7) is 1.85. The van der Waals surface area contributed by atoms with Crippen LogP contribution < -0.4 is 5.73 Å². The van der Waals surface area contributed by atoms with Gasteiger partial charge >= 0.3 is 0 Å². The zero-order valence-corrected chi connectivity index (χ0v) is 11.5. The Kier molecular flexibility index (Phi) is 3.99. The van der Waals surface area contributed by atoms with E-state index in [0.29, 0.717) is 16.8 Å². The van der Waals surface area contributed by atoms with Gasteiger partial charge in [0.2, 0.25) is 0 Å². The van der Waals surface area contributed by atoms with Crippen molar-refractivity contribution in [3.63, 3.8) is 0 Å². The Morgan fingerprint density at radius 2 is 2.15 bits per heavy atom. The molecule has 1 aromatic carbocycles. The highest BCUT2D eigenvalue weighted by Gasteiger charge is 2.20. The van der Waals surface area contributed by atoms with Crippen LogP contribution in [0.4, 0.5) is 8.78 Å². The maximum Gasteiger partial charge on any atom is 0.266 e. The SMILES string of the molecule is CCC(c1ccc(F)c(F)c1)n1c(C(N)=O)c[nH]c1=S. The molecule has 20 heavy (non-hydrogen) atoms. The molecule has 0 saturated carbocycles. The van der Waals surface area contributed by atoms with Crippen LogP contribution in [0.3, 0.4) is 0 Å². The van der Waals surface area contributed by atoms with Gasteiger partial charge in [0, 0.05) is 6.20 Å². The number of hydrogen-bond donors (Lipinski definition) is 2. The first-order valence-electron chi connectivity index (χ1n) is 6.00. The minimum absolute atomic E-state index is 0.201. The van der Waals surface area contributed by atoms with Gasteiger partial charge < -0.3 is 15.3 Å². The molecule has 0 aliphatic rings. The number of imidazole rings is 1.